The zero-order chi connectivity index (χ0) is 16.9. The van der Waals surface area contributed by atoms with Gasteiger partial charge in [0.15, 0.2) is 11.5 Å². The van der Waals surface area contributed by atoms with E-state index in [0.717, 1.165) is 18.7 Å². The number of nitrogens with one attached hydrogen (secondary N) is 1. The zero-order valence-corrected chi connectivity index (χ0v) is 14.5. The summed E-state index contributed by atoms with van der Waals surface area (Å²) in [5.41, 5.74) is 1.08. The molecular weight excluding hydrogens is 304 g/mol. The first kappa shape index (κ1) is 15.6. The van der Waals surface area contributed by atoms with Gasteiger partial charge in [0.1, 0.15) is 12.4 Å². The number of hydrogen-bond acceptors (Lipinski definition) is 4. The molecule has 0 spiro atoms. The first-order valence-corrected chi connectivity index (χ1v) is 8.73. The highest BCUT2D eigenvalue weighted by Gasteiger charge is 2.39. The molecule has 2 aromatic heterocycles. The second-order valence-electron chi connectivity index (χ2n) is 7.57. The average Bonchev–Trinajstić information content (AvgIpc) is 3.41. The van der Waals surface area contributed by atoms with Gasteiger partial charge in [-0.05, 0) is 58.4 Å². The highest BCUT2D eigenvalue weighted by atomic mass is 16.5. The topological polar surface area (TPSA) is 68.5 Å². The van der Waals surface area contributed by atoms with Crippen LogP contribution in [-0.2, 0) is 11.3 Å². The van der Waals surface area contributed by atoms with Crippen molar-refractivity contribution in [3.8, 4) is 0 Å². The molecule has 1 amide bonds. The summed E-state index contributed by atoms with van der Waals surface area (Å²) in [5, 5.41) is 3.17. The fourth-order valence-corrected chi connectivity index (χ4v) is 3.12. The van der Waals surface area contributed by atoms with Crippen LogP contribution in [0.15, 0.2) is 12.3 Å². The standard InChI is InChI=1S/C18H24N4O2/c1-11-19-15(10-24-13-6-7-13)20-16-14(8-9-22(11)16)17(23)21-18(2,3)12-4-5-12/h8-9,12-13H,4-7,10H2,1-3H3,(H,21,23). The molecule has 0 atom stereocenters. The molecule has 0 unspecified atom stereocenters. The Labute approximate surface area is 141 Å². The molecule has 0 aromatic carbocycles. The van der Waals surface area contributed by atoms with E-state index in [2.05, 4.69) is 29.1 Å². The molecule has 2 heterocycles. The maximum absolute atomic E-state index is 12.8. The van der Waals surface area contributed by atoms with Gasteiger partial charge >= 0.3 is 0 Å². The first-order valence-electron chi connectivity index (χ1n) is 8.73. The molecule has 6 heteroatoms. The summed E-state index contributed by atoms with van der Waals surface area (Å²) in [6.45, 7) is 6.51. The normalized spacial score (nSPS) is 18.1. The van der Waals surface area contributed by atoms with Gasteiger partial charge in [-0.15, -0.1) is 0 Å². The predicted octanol–water partition coefficient (Wildman–Crippen LogP) is 2.64. The summed E-state index contributed by atoms with van der Waals surface area (Å²) in [6.07, 6.45) is 6.84. The van der Waals surface area contributed by atoms with Crippen molar-refractivity contribution in [2.45, 2.75) is 64.7 Å². The van der Waals surface area contributed by atoms with E-state index >= 15 is 0 Å². The third-order valence-corrected chi connectivity index (χ3v) is 4.98. The molecule has 24 heavy (non-hydrogen) atoms. The molecular formula is C18H24N4O2. The van der Waals surface area contributed by atoms with Crippen molar-refractivity contribution in [3.05, 3.63) is 29.5 Å². The van der Waals surface area contributed by atoms with Crippen LogP contribution < -0.4 is 5.32 Å². The summed E-state index contributed by atoms with van der Waals surface area (Å²) < 4.78 is 7.57. The lowest BCUT2D eigenvalue weighted by Gasteiger charge is -2.25. The average molecular weight is 328 g/mol. The number of amides is 1. The molecule has 2 fully saturated rings. The Morgan fingerprint density at radius 1 is 1.33 bits per heavy atom. The molecule has 0 radical (unpaired) electrons. The molecule has 2 aromatic rings. The monoisotopic (exact) mass is 328 g/mol. The summed E-state index contributed by atoms with van der Waals surface area (Å²) in [4.78, 5) is 21.8. The molecule has 4 rings (SSSR count). The van der Waals surface area contributed by atoms with Gasteiger partial charge < -0.3 is 10.1 Å². The van der Waals surface area contributed by atoms with Crippen LogP contribution in [-0.4, -0.2) is 31.9 Å². The van der Waals surface area contributed by atoms with Crippen LogP contribution in [0.4, 0.5) is 0 Å². The van der Waals surface area contributed by atoms with E-state index in [0.29, 0.717) is 35.7 Å². The minimum Gasteiger partial charge on any atom is -0.370 e. The fourth-order valence-electron chi connectivity index (χ4n) is 3.12. The van der Waals surface area contributed by atoms with E-state index in [-0.39, 0.29) is 11.4 Å². The minimum absolute atomic E-state index is 0.0680. The number of nitrogens with zero attached hydrogens (tertiary/aromatic N) is 3. The Kier molecular flexibility index (Phi) is 3.60. The lowest BCUT2D eigenvalue weighted by atomic mass is 9.98. The van der Waals surface area contributed by atoms with Crippen LogP contribution in [0, 0.1) is 12.8 Å². The highest BCUT2D eigenvalue weighted by molar-refractivity contribution is 6.00. The number of ether oxygens (including phenoxy) is 1. The van der Waals surface area contributed by atoms with Gasteiger partial charge in [0.2, 0.25) is 0 Å². The molecule has 0 aliphatic heterocycles. The van der Waals surface area contributed by atoms with Gasteiger partial charge in [0.05, 0.1) is 11.7 Å². The highest BCUT2D eigenvalue weighted by Crippen LogP contribution is 2.39. The molecule has 2 aliphatic carbocycles. The zero-order valence-electron chi connectivity index (χ0n) is 14.5. The Bertz CT molecular complexity index is 788. The molecule has 128 valence electrons. The summed E-state index contributed by atoms with van der Waals surface area (Å²) >= 11 is 0. The van der Waals surface area contributed by atoms with Crippen molar-refractivity contribution < 1.29 is 9.53 Å². The van der Waals surface area contributed by atoms with Crippen LogP contribution in [0.1, 0.15) is 61.5 Å². The van der Waals surface area contributed by atoms with Gasteiger partial charge in [-0.2, -0.15) is 0 Å². The quantitative estimate of drug-likeness (QED) is 0.885. The minimum atomic E-state index is -0.175. The van der Waals surface area contributed by atoms with Crippen LogP contribution in [0.3, 0.4) is 0 Å². The molecule has 0 bridgehead atoms. The van der Waals surface area contributed by atoms with Gasteiger partial charge in [-0.25, -0.2) is 9.97 Å². The van der Waals surface area contributed by atoms with Crippen molar-refractivity contribution in [1.29, 1.82) is 0 Å². The summed E-state index contributed by atoms with van der Waals surface area (Å²) in [6, 6.07) is 1.82. The Morgan fingerprint density at radius 3 is 2.75 bits per heavy atom. The number of fused-ring (bicyclic) bond motifs is 1. The molecule has 6 nitrogen and oxygen atoms in total. The SMILES string of the molecule is Cc1nc(COC2CC2)nc2c(C(=O)NC(C)(C)C3CC3)ccn12. The number of carbonyl (C=O) groups is 1. The Balaban J connectivity index is 1.60. The fraction of sp³-hybridized carbons (Fsp3) is 0.611. The molecule has 0 saturated heterocycles. The van der Waals surface area contributed by atoms with Crippen LogP contribution in [0.5, 0.6) is 0 Å². The second kappa shape index (κ2) is 5.55. The summed E-state index contributed by atoms with van der Waals surface area (Å²) in [5.74, 6) is 1.96. The van der Waals surface area contributed by atoms with Crippen LogP contribution in [0.25, 0.3) is 5.65 Å². The van der Waals surface area contributed by atoms with E-state index in [1.54, 1.807) is 0 Å². The largest absolute Gasteiger partial charge is 0.370 e. The van der Waals surface area contributed by atoms with E-state index in [1.807, 2.05) is 23.6 Å². The van der Waals surface area contributed by atoms with Crippen molar-refractivity contribution >= 4 is 11.6 Å². The number of hydrogen-bond donors (Lipinski definition) is 1. The Morgan fingerprint density at radius 2 is 2.08 bits per heavy atom. The third-order valence-electron chi connectivity index (χ3n) is 4.98. The summed E-state index contributed by atoms with van der Waals surface area (Å²) in [7, 11) is 0. The van der Waals surface area contributed by atoms with Gasteiger partial charge in [0.25, 0.3) is 5.91 Å². The van der Waals surface area contributed by atoms with Crippen molar-refractivity contribution in [2.75, 3.05) is 0 Å². The van der Waals surface area contributed by atoms with Gasteiger partial charge in [-0.1, -0.05) is 0 Å². The lowest BCUT2D eigenvalue weighted by Crippen LogP contribution is -2.45. The number of aromatic nitrogens is 3. The number of aryl methyl sites for hydroxylation is 1. The van der Waals surface area contributed by atoms with Crippen LogP contribution >= 0.6 is 0 Å². The Hall–Kier alpha value is -1.95. The lowest BCUT2D eigenvalue weighted by molar-refractivity contribution is 0.0904. The first-order chi connectivity index (χ1) is 11.4. The van der Waals surface area contributed by atoms with E-state index < -0.39 is 0 Å². The third kappa shape index (κ3) is 3.02. The maximum Gasteiger partial charge on any atom is 0.255 e. The van der Waals surface area contributed by atoms with E-state index in [4.69, 9.17) is 4.74 Å². The van der Waals surface area contributed by atoms with Gasteiger partial charge in [-0.3, -0.25) is 9.20 Å². The smallest absolute Gasteiger partial charge is 0.255 e. The number of rotatable bonds is 6. The second-order valence-corrected chi connectivity index (χ2v) is 7.57. The van der Waals surface area contributed by atoms with Gasteiger partial charge in [0, 0.05) is 11.7 Å². The molecule has 2 saturated carbocycles. The van der Waals surface area contributed by atoms with Crippen molar-refractivity contribution in [2.24, 2.45) is 5.92 Å². The molecule has 1 N–H and O–H groups in total. The maximum atomic E-state index is 12.8. The van der Waals surface area contributed by atoms with Crippen molar-refractivity contribution in [1.82, 2.24) is 19.7 Å². The molecule has 2 aliphatic rings. The predicted molar refractivity (Wildman–Crippen MR) is 89.8 cm³/mol. The van der Waals surface area contributed by atoms with Crippen LogP contribution in [0.2, 0.25) is 0 Å². The van der Waals surface area contributed by atoms with E-state index in [9.17, 15) is 4.79 Å². The van der Waals surface area contributed by atoms with Crippen molar-refractivity contribution in [3.63, 3.8) is 0 Å². The number of carbonyl (C=O) groups excluding carboxylic acids is 1. The van der Waals surface area contributed by atoms with E-state index in [1.165, 1.54) is 12.8 Å².